The first-order chi connectivity index (χ1) is 9.83. The van der Waals surface area contributed by atoms with E-state index in [0.29, 0.717) is 16.8 Å². The van der Waals surface area contributed by atoms with Gasteiger partial charge in [-0.15, -0.1) is 0 Å². The third-order valence-electron chi connectivity index (χ3n) is 2.89. The van der Waals surface area contributed by atoms with E-state index in [0.717, 1.165) is 5.56 Å². The number of nitrogens with two attached hydrogens (primary N) is 1. The molecule has 110 valence electrons. The highest BCUT2D eigenvalue weighted by molar-refractivity contribution is 7.88. The van der Waals surface area contributed by atoms with Crippen molar-refractivity contribution in [2.24, 2.45) is 5.14 Å². The smallest absolute Gasteiger partial charge is 0.255 e. The van der Waals surface area contributed by atoms with Crippen LogP contribution in [0.3, 0.4) is 0 Å². The molecule has 2 aromatic rings. The van der Waals surface area contributed by atoms with Crippen molar-refractivity contribution in [3.05, 3.63) is 65.2 Å². The maximum Gasteiger partial charge on any atom is 0.255 e. The standard InChI is InChI=1S/C15H16N2O3S/c1-11-2-6-13(7-3-11)15(18)17-14-8-4-12(5-9-14)10-21(16,19)20/h2-9H,10H2,1H3,(H,17,18)(H2,16,19,20). The molecule has 0 spiro atoms. The third-order valence-corrected chi connectivity index (χ3v) is 3.63. The Morgan fingerprint density at radius 3 is 2.14 bits per heavy atom. The second kappa shape index (κ2) is 6.07. The molecule has 21 heavy (non-hydrogen) atoms. The second-order valence-electron chi connectivity index (χ2n) is 4.82. The van der Waals surface area contributed by atoms with Crippen LogP contribution in [0.5, 0.6) is 0 Å². The molecule has 0 radical (unpaired) electrons. The number of benzene rings is 2. The van der Waals surface area contributed by atoms with Crippen LogP contribution in [0.2, 0.25) is 0 Å². The van der Waals surface area contributed by atoms with Crippen LogP contribution >= 0.6 is 0 Å². The van der Waals surface area contributed by atoms with E-state index in [1.54, 1.807) is 36.4 Å². The van der Waals surface area contributed by atoms with Gasteiger partial charge in [0, 0.05) is 11.3 Å². The van der Waals surface area contributed by atoms with Gasteiger partial charge in [0.05, 0.1) is 5.75 Å². The van der Waals surface area contributed by atoms with E-state index in [2.05, 4.69) is 5.32 Å². The van der Waals surface area contributed by atoms with E-state index in [1.807, 2.05) is 19.1 Å². The van der Waals surface area contributed by atoms with Crippen molar-refractivity contribution >= 4 is 21.6 Å². The van der Waals surface area contributed by atoms with Crippen molar-refractivity contribution in [1.82, 2.24) is 0 Å². The van der Waals surface area contributed by atoms with Gasteiger partial charge in [-0.3, -0.25) is 4.79 Å². The number of hydrogen-bond acceptors (Lipinski definition) is 3. The lowest BCUT2D eigenvalue weighted by atomic mass is 10.1. The molecule has 0 aromatic heterocycles. The number of primary sulfonamides is 1. The molecule has 5 nitrogen and oxygen atoms in total. The van der Waals surface area contributed by atoms with Gasteiger partial charge in [0.2, 0.25) is 10.0 Å². The van der Waals surface area contributed by atoms with Crippen molar-refractivity contribution in [3.8, 4) is 0 Å². The molecule has 6 heteroatoms. The summed E-state index contributed by atoms with van der Waals surface area (Å²) in [5, 5.41) is 7.73. The summed E-state index contributed by atoms with van der Waals surface area (Å²) < 4.78 is 22.0. The number of amides is 1. The molecule has 0 unspecified atom stereocenters. The highest BCUT2D eigenvalue weighted by Crippen LogP contribution is 2.13. The molecule has 1 amide bonds. The summed E-state index contributed by atoms with van der Waals surface area (Å²) in [6.07, 6.45) is 0. The number of aryl methyl sites for hydroxylation is 1. The van der Waals surface area contributed by atoms with Crippen LogP contribution in [-0.4, -0.2) is 14.3 Å². The number of nitrogens with one attached hydrogen (secondary N) is 1. The van der Waals surface area contributed by atoms with Crippen LogP contribution in [-0.2, 0) is 15.8 Å². The Labute approximate surface area is 123 Å². The van der Waals surface area contributed by atoms with Gasteiger partial charge in [0.1, 0.15) is 0 Å². The maximum absolute atomic E-state index is 12.0. The summed E-state index contributed by atoms with van der Waals surface area (Å²) >= 11 is 0. The van der Waals surface area contributed by atoms with Crippen LogP contribution in [0.4, 0.5) is 5.69 Å². The Balaban J connectivity index is 2.06. The number of anilines is 1. The molecule has 0 saturated heterocycles. The van der Waals surface area contributed by atoms with Crippen molar-refractivity contribution < 1.29 is 13.2 Å². The van der Waals surface area contributed by atoms with E-state index < -0.39 is 10.0 Å². The quantitative estimate of drug-likeness (QED) is 0.905. The molecular weight excluding hydrogens is 288 g/mol. The molecule has 0 bridgehead atoms. The van der Waals surface area contributed by atoms with Crippen LogP contribution < -0.4 is 10.5 Å². The highest BCUT2D eigenvalue weighted by Gasteiger charge is 2.07. The van der Waals surface area contributed by atoms with Crippen molar-refractivity contribution in [2.75, 3.05) is 5.32 Å². The van der Waals surface area contributed by atoms with Crippen molar-refractivity contribution in [3.63, 3.8) is 0 Å². The largest absolute Gasteiger partial charge is 0.322 e. The van der Waals surface area contributed by atoms with E-state index in [4.69, 9.17) is 5.14 Å². The van der Waals surface area contributed by atoms with Gasteiger partial charge in [-0.05, 0) is 36.8 Å². The molecule has 0 aliphatic heterocycles. The van der Waals surface area contributed by atoms with Crippen LogP contribution in [0, 0.1) is 6.92 Å². The van der Waals surface area contributed by atoms with Crippen LogP contribution in [0.1, 0.15) is 21.5 Å². The average molecular weight is 304 g/mol. The first-order valence-corrected chi connectivity index (χ1v) is 8.02. The lowest BCUT2D eigenvalue weighted by molar-refractivity contribution is 0.102. The molecule has 2 rings (SSSR count). The average Bonchev–Trinajstić information content (AvgIpc) is 2.40. The zero-order valence-electron chi connectivity index (χ0n) is 11.5. The van der Waals surface area contributed by atoms with Crippen molar-refractivity contribution in [2.45, 2.75) is 12.7 Å². The Morgan fingerprint density at radius 2 is 1.62 bits per heavy atom. The number of carbonyl (C=O) groups is 1. The minimum absolute atomic E-state index is 0.214. The SMILES string of the molecule is Cc1ccc(C(=O)Nc2ccc(CS(N)(=O)=O)cc2)cc1. The number of rotatable bonds is 4. The minimum Gasteiger partial charge on any atom is -0.322 e. The van der Waals surface area contributed by atoms with E-state index in [-0.39, 0.29) is 11.7 Å². The molecule has 0 aliphatic rings. The highest BCUT2D eigenvalue weighted by atomic mass is 32.2. The number of hydrogen-bond donors (Lipinski definition) is 2. The first kappa shape index (κ1) is 15.2. The zero-order valence-corrected chi connectivity index (χ0v) is 12.4. The monoisotopic (exact) mass is 304 g/mol. The Bertz CT molecular complexity index is 735. The molecule has 0 aliphatic carbocycles. The number of carbonyl (C=O) groups excluding carboxylic acids is 1. The zero-order chi connectivity index (χ0) is 15.5. The van der Waals surface area contributed by atoms with Gasteiger partial charge in [0.15, 0.2) is 0 Å². The Hall–Kier alpha value is -2.18. The predicted molar refractivity (Wildman–Crippen MR) is 82.4 cm³/mol. The summed E-state index contributed by atoms with van der Waals surface area (Å²) in [7, 11) is -3.55. The lowest BCUT2D eigenvalue weighted by Crippen LogP contribution is -2.15. The Morgan fingerprint density at radius 1 is 1.05 bits per heavy atom. The van der Waals surface area contributed by atoms with E-state index >= 15 is 0 Å². The fourth-order valence-corrected chi connectivity index (χ4v) is 2.48. The van der Waals surface area contributed by atoms with Gasteiger partial charge >= 0.3 is 0 Å². The molecule has 0 fully saturated rings. The van der Waals surface area contributed by atoms with Crippen LogP contribution in [0.25, 0.3) is 0 Å². The fourth-order valence-electron chi connectivity index (χ4n) is 1.82. The predicted octanol–water partition coefficient (Wildman–Crippen LogP) is 2.04. The maximum atomic E-state index is 12.0. The van der Waals surface area contributed by atoms with Gasteiger partial charge in [-0.25, -0.2) is 13.6 Å². The van der Waals surface area contributed by atoms with E-state index in [1.165, 1.54) is 0 Å². The summed E-state index contributed by atoms with van der Waals surface area (Å²) in [5.74, 6) is -0.437. The fraction of sp³-hybridized carbons (Fsp3) is 0.133. The van der Waals surface area contributed by atoms with Crippen LogP contribution in [0.15, 0.2) is 48.5 Å². The van der Waals surface area contributed by atoms with Gasteiger partial charge < -0.3 is 5.32 Å². The summed E-state index contributed by atoms with van der Waals surface area (Å²) in [6, 6.07) is 13.8. The van der Waals surface area contributed by atoms with Gasteiger partial charge in [0.25, 0.3) is 5.91 Å². The molecule has 0 atom stereocenters. The minimum atomic E-state index is -3.55. The molecule has 3 N–H and O–H groups in total. The van der Waals surface area contributed by atoms with Crippen molar-refractivity contribution in [1.29, 1.82) is 0 Å². The molecular formula is C15H16N2O3S. The summed E-state index contributed by atoms with van der Waals surface area (Å²) in [4.78, 5) is 12.0. The molecule has 2 aromatic carbocycles. The van der Waals surface area contributed by atoms with Gasteiger partial charge in [-0.1, -0.05) is 29.8 Å². The van der Waals surface area contributed by atoms with E-state index in [9.17, 15) is 13.2 Å². The second-order valence-corrected chi connectivity index (χ2v) is 6.44. The summed E-state index contributed by atoms with van der Waals surface area (Å²) in [6.45, 7) is 1.95. The summed E-state index contributed by atoms with van der Waals surface area (Å²) in [5.41, 5.74) is 2.82. The number of sulfonamides is 1. The topological polar surface area (TPSA) is 89.3 Å². The third kappa shape index (κ3) is 4.70. The lowest BCUT2D eigenvalue weighted by Gasteiger charge is -2.06. The normalized spacial score (nSPS) is 11.1. The molecule has 0 heterocycles. The molecule has 0 saturated carbocycles. The van der Waals surface area contributed by atoms with Gasteiger partial charge in [-0.2, -0.15) is 0 Å². The first-order valence-electron chi connectivity index (χ1n) is 6.31. The Kier molecular flexibility index (Phi) is 4.40.